The highest BCUT2D eigenvalue weighted by molar-refractivity contribution is 7.85. The van der Waals surface area contributed by atoms with E-state index in [0.29, 0.717) is 12.8 Å². The van der Waals surface area contributed by atoms with Crippen LogP contribution in [-0.4, -0.2) is 32.1 Å². The summed E-state index contributed by atoms with van der Waals surface area (Å²) in [5.41, 5.74) is 0. The predicted molar refractivity (Wildman–Crippen MR) is 83.3 cm³/mol. The van der Waals surface area contributed by atoms with Crippen LogP contribution in [0.3, 0.4) is 0 Å². The summed E-state index contributed by atoms with van der Waals surface area (Å²) in [4.78, 5) is 16.1. The maximum Gasteiger partial charge on any atom is 0.220 e. The molecule has 3 atom stereocenters. The van der Waals surface area contributed by atoms with Gasteiger partial charge >= 0.3 is 0 Å². The summed E-state index contributed by atoms with van der Waals surface area (Å²) < 4.78 is 11.9. The van der Waals surface area contributed by atoms with Crippen molar-refractivity contribution in [1.82, 2.24) is 10.3 Å². The lowest BCUT2D eigenvalue weighted by Gasteiger charge is -2.29. The van der Waals surface area contributed by atoms with Crippen molar-refractivity contribution in [3.63, 3.8) is 0 Å². The fourth-order valence-electron chi connectivity index (χ4n) is 2.65. The van der Waals surface area contributed by atoms with E-state index in [0.717, 1.165) is 36.4 Å². The van der Waals surface area contributed by atoms with Gasteiger partial charge < -0.3 is 5.32 Å². The summed E-state index contributed by atoms with van der Waals surface area (Å²) in [6.45, 7) is 1.96. The molecule has 0 radical (unpaired) electrons. The second-order valence-corrected chi connectivity index (χ2v) is 8.13. The molecule has 0 saturated heterocycles. The number of nitrogens with zero attached hydrogens (tertiary/aromatic N) is 1. The van der Waals surface area contributed by atoms with Gasteiger partial charge in [0.2, 0.25) is 5.91 Å². The number of hydrogen-bond acceptors (Lipinski definition) is 4. The Morgan fingerprint density at radius 3 is 3.10 bits per heavy atom. The number of aryl methyl sites for hydroxylation is 1. The third kappa shape index (κ3) is 4.66. The first-order valence-electron chi connectivity index (χ1n) is 7.24. The average Bonchev–Trinajstić information content (AvgIpc) is 2.98. The maximum absolute atomic E-state index is 11.9. The van der Waals surface area contributed by atoms with Crippen LogP contribution in [0.25, 0.3) is 0 Å². The van der Waals surface area contributed by atoms with Crippen molar-refractivity contribution in [2.45, 2.75) is 56.7 Å². The van der Waals surface area contributed by atoms with Gasteiger partial charge in [0.15, 0.2) is 0 Å². The Kier molecular flexibility index (Phi) is 6.16. The van der Waals surface area contributed by atoms with Gasteiger partial charge in [0, 0.05) is 52.3 Å². The van der Waals surface area contributed by atoms with Crippen LogP contribution in [0.5, 0.6) is 0 Å². The highest BCUT2D eigenvalue weighted by Crippen LogP contribution is 2.23. The molecule has 0 bridgehead atoms. The van der Waals surface area contributed by atoms with Crippen LogP contribution in [-0.2, 0) is 22.0 Å². The lowest BCUT2D eigenvalue weighted by molar-refractivity contribution is -0.121. The Balaban J connectivity index is 1.74. The third-order valence-corrected chi connectivity index (χ3v) is 6.28. The average molecular weight is 314 g/mol. The fraction of sp³-hybridized carbons (Fsp3) is 0.714. The highest BCUT2D eigenvalue weighted by atomic mass is 32.2. The first kappa shape index (κ1) is 15.6. The monoisotopic (exact) mass is 314 g/mol. The van der Waals surface area contributed by atoms with Crippen LogP contribution in [0.1, 0.15) is 44.0 Å². The maximum atomic E-state index is 11.9. The van der Waals surface area contributed by atoms with Gasteiger partial charge in [-0.1, -0.05) is 13.3 Å². The lowest BCUT2D eigenvalue weighted by atomic mass is 9.95. The first-order valence-corrected chi connectivity index (χ1v) is 9.50. The van der Waals surface area contributed by atoms with Crippen LogP contribution >= 0.6 is 11.3 Å². The van der Waals surface area contributed by atoms with E-state index in [9.17, 15) is 9.00 Å². The quantitative estimate of drug-likeness (QED) is 0.876. The molecule has 1 heterocycles. The molecule has 6 heteroatoms. The van der Waals surface area contributed by atoms with Crippen molar-refractivity contribution in [2.24, 2.45) is 0 Å². The second-order valence-electron chi connectivity index (χ2n) is 5.15. The fourth-order valence-corrected chi connectivity index (χ4v) is 4.62. The summed E-state index contributed by atoms with van der Waals surface area (Å²) in [5.74, 6) is 0.809. The number of hydrogen-bond donors (Lipinski definition) is 1. The molecular weight excluding hydrogens is 292 g/mol. The van der Waals surface area contributed by atoms with Crippen molar-refractivity contribution >= 4 is 28.0 Å². The summed E-state index contributed by atoms with van der Waals surface area (Å²) in [6, 6.07) is 0.202. The number of aromatic nitrogens is 1. The first-order chi connectivity index (χ1) is 9.69. The predicted octanol–water partition coefficient (Wildman–Crippen LogP) is 2.27. The zero-order chi connectivity index (χ0) is 14.4. The van der Waals surface area contributed by atoms with E-state index >= 15 is 0 Å². The van der Waals surface area contributed by atoms with Gasteiger partial charge in [-0.2, -0.15) is 0 Å². The summed E-state index contributed by atoms with van der Waals surface area (Å²) in [6.07, 6.45) is 6.94. The second kappa shape index (κ2) is 7.88. The van der Waals surface area contributed by atoms with E-state index in [1.165, 1.54) is 0 Å². The molecule has 1 N–H and O–H groups in total. The third-order valence-electron chi connectivity index (χ3n) is 3.70. The Hall–Kier alpha value is -0.750. The molecular formula is C14H22N2O2S2. The highest BCUT2D eigenvalue weighted by Gasteiger charge is 2.26. The van der Waals surface area contributed by atoms with Gasteiger partial charge in [-0.25, -0.2) is 4.98 Å². The standard InChI is InChI=1S/C14H22N2O2S2/c1-2-20(18)12-5-3-4-11(10-12)16-13(17)6-7-14-15-8-9-19-14/h8-9,11-12H,2-7,10H2,1H3,(H,16,17). The van der Waals surface area contributed by atoms with Crippen molar-refractivity contribution in [3.8, 4) is 0 Å². The zero-order valence-corrected chi connectivity index (χ0v) is 13.5. The van der Waals surface area contributed by atoms with Gasteiger partial charge in [-0.15, -0.1) is 11.3 Å². The minimum atomic E-state index is -0.737. The van der Waals surface area contributed by atoms with Crippen LogP contribution in [0.2, 0.25) is 0 Å². The molecule has 0 aromatic carbocycles. The molecule has 3 unspecified atom stereocenters. The minimum absolute atomic E-state index is 0.0909. The molecule has 1 aliphatic rings. The Bertz CT molecular complexity index is 448. The number of rotatable bonds is 6. The molecule has 1 saturated carbocycles. The Morgan fingerprint density at radius 1 is 1.55 bits per heavy atom. The lowest BCUT2D eigenvalue weighted by Crippen LogP contribution is -2.41. The molecule has 112 valence electrons. The van der Waals surface area contributed by atoms with E-state index in [2.05, 4.69) is 10.3 Å². The smallest absolute Gasteiger partial charge is 0.220 e. The van der Waals surface area contributed by atoms with Crippen molar-refractivity contribution < 1.29 is 9.00 Å². The zero-order valence-electron chi connectivity index (χ0n) is 11.8. The number of carbonyl (C=O) groups excluding carboxylic acids is 1. The van der Waals surface area contributed by atoms with Crippen molar-refractivity contribution in [3.05, 3.63) is 16.6 Å². The van der Waals surface area contributed by atoms with Gasteiger partial charge in [-0.05, 0) is 19.3 Å². The van der Waals surface area contributed by atoms with E-state index in [4.69, 9.17) is 0 Å². The van der Waals surface area contributed by atoms with E-state index in [1.54, 1.807) is 17.5 Å². The van der Waals surface area contributed by atoms with Gasteiger partial charge in [0.1, 0.15) is 0 Å². The van der Waals surface area contributed by atoms with E-state index in [1.807, 2.05) is 12.3 Å². The van der Waals surface area contributed by atoms with E-state index < -0.39 is 10.8 Å². The molecule has 0 spiro atoms. The summed E-state index contributed by atoms with van der Waals surface area (Å²) in [7, 11) is -0.737. The van der Waals surface area contributed by atoms with Crippen molar-refractivity contribution in [2.75, 3.05) is 5.75 Å². The van der Waals surface area contributed by atoms with Gasteiger partial charge in [0.25, 0.3) is 0 Å². The topological polar surface area (TPSA) is 59.1 Å². The molecule has 1 amide bonds. The van der Waals surface area contributed by atoms with Crippen LogP contribution < -0.4 is 5.32 Å². The summed E-state index contributed by atoms with van der Waals surface area (Å²) >= 11 is 1.59. The minimum Gasteiger partial charge on any atom is -0.353 e. The SMILES string of the molecule is CCS(=O)C1CCCC(NC(=O)CCc2nccs2)C1. The number of amides is 1. The normalized spacial score (nSPS) is 24.2. The molecule has 1 aliphatic carbocycles. The van der Waals surface area contributed by atoms with Crippen molar-refractivity contribution in [1.29, 1.82) is 0 Å². The van der Waals surface area contributed by atoms with E-state index in [-0.39, 0.29) is 17.2 Å². The Morgan fingerprint density at radius 2 is 2.40 bits per heavy atom. The molecule has 4 nitrogen and oxygen atoms in total. The molecule has 1 fully saturated rings. The molecule has 0 aliphatic heterocycles. The largest absolute Gasteiger partial charge is 0.353 e. The number of nitrogens with one attached hydrogen (secondary N) is 1. The molecule has 2 rings (SSSR count). The molecule has 1 aromatic heterocycles. The summed E-state index contributed by atoms with van der Waals surface area (Å²) in [5, 5.41) is 6.29. The molecule has 1 aromatic rings. The van der Waals surface area contributed by atoms with Gasteiger partial charge in [0.05, 0.1) is 5.01 Å². The van der Waals surface area contributed by atoms with Gasteiger partial charge in [-0.3, -0.25) is 9.00 Å². The Labute approximate surface area is 126 Å². The number of carbonyl (C=O) groups is 1. The number of thiazole rings is 1. The van der Waals surface area contributed by atoms with Crippen LogP contribution in [0.4, 0.5) is 0 Å². The molecule has 20 heavy (non-hydrogen) atoms. The van der Waals surface area contributed by atoms with Crippen LogP contribution in [0.15, 0.2) is 11.6 Å². The van der Waals surface area contributed by atoms with Crippen LogP contribution in [0, 0.1) is 0 Å².